The zero-order chi connectivity index (χ0) is 21.4. The lowest BCUT2D eigenvalue weighted by Crippen LogP contribution is -2.44. The molecular weight excluding hydrogens is 380 g/mol. The minimum Gasteiger partial charge on any atom is -0.508 e. The molecule has 6 nitrogen and oxygen atoms in total. The number of amides is 1. The molecule has 2 N–H and O–H groups in total. The number of aryl methyl sites for hydroxylation is 2. The first kappa shape index (κ1) is 20.4. The molecule has 1 fully saturated rings. The predicted molar refractivity (Wildman–Crippen MR) is 117 cm³/mol. The highest BCUT2D eigenvalue weighted by Gasteiger charge is 2.27. The van der Waals surface area contributed by atoms with Crippen molar-refractivity contribution in [3.05, 3.63) is 58.8 Å². The molecule has 2 aromatic carbocycles. The van der Waals surface area contributed by atoms with Crippen LogP contribution in [0.5, 0.6) is 5.75 Å². The van der Waals surface area contributed by atoms with E-state index in [1.807, 2.05) is 45.0 Å². The number of nitrogens with one attached hydrogen (secondary N) is 1. The van der Waals surface area contributed by atoms with Crippen molar-refractivity contribution in [1.82, 2.24) is 4.90 Å². The van der Waals surface area contributed by atoms with Gasteiger partial charge < -0.3 is 19.6 Å². The Hall–Kier alpha value is -2.83. The minimum atomic E-state index is -0.240. The number of morpholine rings is 1. The molecule has 0 aliphatic carbocycles. The molecule has 1 aromatic heterocycles. The topological polar surface area (TPSA) is 74.9 Å². The highest BCUT2D eigenvalue weighted by atomic mass is 16.5. The number of furan rings is 1. The van der Waals surface area contributed by atoms with Crippen molar-refractivity contribution in [2.24, 2.45) is 0 Å². The predicted octanol–water partition coefficient (Wildman–Crippen LogP) is 4.62. The number of hydrogen-bond donors (Lipinski definition) is 2. The van der Waals surface area contributed by atoms with Crippen LogP contribution in [-0.4, -0.2) is 41.2 Å². The van der Waals surface area contributed by atoms with Crippen LogP contribution in [0.4, 0.5) is 5.69 Å². The van der Waals surface area contributed by atoms with Gasteiger partial charge >= 0.3 is 0 Å². The van der Waals surface area contributed by atoms with E-state index in [1.165, 1.54) is 0 Å². The van der Waals surface area contributed by atoms with Gasteiger partial charge in [0.2, 0.25) is 0 Å². The molecule has 2 unspecified atom stereocenters. The van der Waals surface area contributed by atoms with Crippen LogP contribution >= 0.6 is 0 Å². The first-order valence-electron chi connectivity index (χ1n) is 10.3. The van der Waals surface area contributed by atoms with Crippen molar-refractivity contribution in [2.75, 3.05) is 18.4 Å². The summed E-state index contributed by atoms with van der Waals surface area (Å²) < 4.78 is 11.7. The second kappa shape index (κ2) is 8.13. The molecular formula is C24H28N2O4. The summed E-state index contributed by atoms with van der Waals surface area (Å²) in [5.41, 5.74) is 3.52. The van der Waals surface area contributed by atoms with Crippen LogP contribution in [0.1, 0.15) is 41.1 Å². The van der Waals surface area contributed by atoms with E-state index in [0.29, 0.717) is 34.4 Å². The molecule has 2 heterocycles. The van der Waals surface area contributed by atoms with Gasteiger partial charge in [0, 0.05) is 36.3 Å². The molecule has 0 radical (unpaired) electrons. The summed E-state index contributed by atoms with van der Waals surface area (Å²) in [6.07, 6.45) is 0.231. The Morgan fingerprint density at radius 1 is 1.13 bits per heavy atom. The van der Waals surface area contributed by atoms with Crippen molar-refractivity contribution in [3.63, 3.8) is 0 Å². The van der Waals surface area contributed by atoms with E-state index in [4.69, 9.17) is 9.15 Å². The first-order chi connectivity index (χ1) is 14.3. The Kier molecular flexibility index (Phi) is 5.54. The number of benzene rings is 2. The number of phenolic OH excluding ortho intramolecular Hbond substituents is 1. The fourth-order valence-electron chi connectivity index (χ4n) is 4.33. The van der Waals surface area contributed by atoms with Crippen LogP contribution in [0.2, 0.25) is 0 Å². The number of rotatable bonds is 4. The van der Waals surface area contributed by atoms with Gasteiger partial charge in [0.15, 0.2) is 0 Å². The zero-order valence-electron chi connectivity index (χ0n) is 17.9. The second-order valence-electron chi connectivity index (χ2n) is 8.19. The van der Waals surface area contributed by atoms with Gasteiger partial charge in [-0.05, 0) is 51.5 Å². The number of phenols is 1. The largest absolute Gasteiger partial charge is 0.508 e. The van der Waals surface area contributed by atoms with Gasteiger partial charge in [0.25, 0.3) is 5.91 Å². The molecule has 6 heteroatoms. The third-order valence-corrected chi connectivity index (χ3v) is 5.61. The number of fused-ring (bicyclic) bond motifs is 1. The molecule has 2 atom stereocenters. The number of carbonyl (C=O) groups excluding carboxylic acids is 1. The van der Waals surface area contributed by atoms with Crippen molar-refractivity contribution >= 4 is 22.6 Å². The SMILES string of the molecule is Cc1ccccc1NC(=O)c1c(C)oc2ccc(O)c(CN3CC(C)OC(C)C3)c12. The van der Waals surface area contributed by atoms with Gasteiger partial charge in [0.1, 0.15) is 17.1 Å². The van der Waals surface area contributed by atoms with Crippen molar-refractivity contribution in [1.29, 1.82) is 0 Å². The molecule has 1 aliphatic heterocycles. The van der Waals surface area contributed by atoms with Crippen molar-refractivity contribution < 1.29 is 19.1 Å². The van der Waals surface area contributed by atoms with Crippen LogP contribution in [0.15, 0.2) is 40.8 Å². The highest BCUT2D eigenvalue weighted by Crippen LogP contribution is 2.35. The Morgan fingerprint density at radius 3 is 2.53 bits per heavy atom. The van der Waals surface area contributed by atoms with Gasteiger partial charge in [-0.25, -0.2) is 0 Å². The average molecular weight is 408 g/mol. The number of anilines is 1. The maximum absolute atomic E-state index is 13.2. The van der Waals surface area contributed by atoms with E-state index in [1.54, 1.807) is 19.1 Å². The summed E-state index contributed by atoms with van der Waals surface area (Å²) in [5.74, 6) is 0.461. The summed E-state index contributed by atoms with van der Waals surface area (Å²) >= 11 is 0. The van der Waals surface area contributed by atoms with Crippen LogP contribution in [0.3, 0.4) is 0 Å². The highest BCUT2D eigenvalue weighted by molar-refractivity contribution is 6.14. The standard InChI is InChI=1S/C24H28N2O4/c1-14-7-5-6-8-19(14)25-24(28)22-17(4)30-21-10-9-20(27)18(23(21)22)13-26-11-15(2)29-16(3)12-26/h5-10,15-16,27H,11-13H2,1-4H3,(H,25,28). The molecule has 0 spiro atoms. The Morgan fingerprint density at radius 2 is 1.83 bits per heavy atom. The van der Waals surface area contributed by atoms with Crippen LogP contribution < -0.4 is 5.32 Å². The second-order valence-corrected chi connectivity index (χ2v) is 8.19. The smallest absolute Gasteiger partial charge is 0.259 e. The lowest BCUT2D eigenvalue weighted by atomic mass is 10.0. The van der Waals surface area contributed by atoms with Crippen LogP contribution in [0.25, 0.3) is 11.0 Å². The van der Waals surface area contributed by atoms with E-state index >= 15 is 0 Å². The number of ether oxygens (including phenoxy) is 1. The molecule has 3 aromatic rings. The number of nitrogens with zero attached hydrogens (tertiary/aromatic N) is 1. The fourth-order valence-corrected chi connectivity index (χ4v) is 4.33. The molecule has 0 saturated carbocycles. The third-order valence-electron chi connectivity index (χ3n) is 5.61. The lowest BCUT2D eigenvalue weighted by Gasteiger charge is -2.35. The average Bonchev–Trinajstić information content (AvgIpc) is 3.01. The van der Waals surface area contributed by atoms with E-state index in [2.05, 4.69) is 10.2 Å². The summed E-state index contributed by atoms with van der Waals surface area (Å²) in [4.78, 5) is 15.5. The molecule has 4 rings (SSSR count). The number of aromatic hydroxyl groups is 1. The van der Waals surface area contributed by atoms with E-state index < -0.39 is 0 Å². The van der Waals surface area contributed by atoms with Crippen molar-refractivity contribution in [2.45, 2.75) is 46.4 Å². The van der Waals surface area contributed by atoms with E-state index in [9.17, 15) is 9.90 Å². The van der Waals surface area contributed by atoms with Gasteiger partial charge in [0.05, 0.1) is 17.8 Å². The monoisotopic (exact) mass is 408 g/mol. The maximum atomic E-state index is 13.2. The molecule has 158 valence electrons. The van der Waals surface area contributed by atoms with Gasteiger partial charge in [-0.2, -0.15) is 0 Å². The first-order valence-corrected chi connectivity index (χ1v) is 10.3. The quantitative estimate of drug-likeness (QED) is 0.659. The fraction of sp³-hybridized carbons (Fsp3) is 0.375. The van der Waals surface area contributed by atoms with Crippen LogP contribution in [-0.2, 0) is 11.3 Å². The van der Waals surface area contributed by atoms with Crippen molar-refractivity contribution in [3.8, 4) is 5.75 Å². The normalized spacial score (nSPS) is 19.9. The lowest BCUT2D eigenvalue weighted by molar-refractivity contribution is -0.0705. The van der Waals surface area contributed by atoms with Crippen LogP contribution in [0, 0.1) is 13.8 Å². The maximum Gasteiger partial charge on any atom is 0.259 e. The molecule has 1 aliphatic rings. The van der Waals surface area contributed by atoms with Gasteiger partial charge in [-0.1, -0.05) is 18.2 Å². The molecule has 0 bridgehead atoms. The Balaban J connectivity index is 1.73. The number of para-hydroxylation sites is 1. The third kappa shape index (κ3) is 3.93. The molecule has 1 amide bonds. The summed E-state index contributed by atoms with van der Waals surface area (Å²) in [5, 5.41) is 14.4. The minimum absolute atomic E-state index is 0.116. The number of hydrogen-bond acceptors (Lipinski definition) is 5. The summed E-state index contributed by atoms with van der Waals surface area (Å²) in [7, 11) is 0. The van der Waals surface area contributed by atoms with E-state index in [0.717, 1.165) is 24.3 Å². The van der Waals surface area contributed by atoms with Gasteiger partial charge in [-0.15, -0.1) is 0 Å². The Labute approximate surface area is 176 Å². The van der Waals surface area contributed by atoms with Gasteiger partial charge in [-0.3, -0.25) is 9.69 Å². The zero-order valence-corrected chi connectivity index (χ0v) is 17.9. The summed E-state index contributed by atoms with van der Waals surface area (Å²) in [6.45, 7) is 9.88. The molecule has 30 heavy (non-hydrogen) atoms. The molecule has 1 saturated heterocycles. The number of carbonyl (C=O) groups is 1. The Bertz CT molecular complexity index is 1080. The van der Waals surface area contributed by atoms with E-state index in [-0.39, 0.29) is 23.9 Å². The summed E-state index contributed by atoms with van der Waals surface area (Å²) in [6, 6.07) is 11.0.